The fourth-order valence-electron chi connectivity index (χ4n) is 1.01. The van der Waals surface area contributed by atoms with E-state index in [2.05, 4.69) is 15.1 Å². The number of pyridine rings is 1. The van der Waals surface area contributed by atoms with Gasteiger partial charge in [0.05, 0.1) is 5.02 Å². The van der Waals surface area contributed by atoms with Crippen molar-refractivity contribution in [2.24, 2.45) is 0 Å². The van der Waals surface area contributed by atoms with Crippen LogP contribution in [0.2, 0.25) is 5.02 Å². The number of rotatable bonds is 2. The van der Waals surface area contributed by atoms with Crippen LogP contribution in [0.15, 0.2) is 22.9 Å². The lowest BCUT2D eigenvalue weighted by molar-refractivity contribution is 0.0972. The average molecular weight is 224 g/mol. The highest BCUT2D eigenvalue weighted by Crippen LogP contribution is 2.22. The zero-order valence-electron chi connectivity index (χ0n) is 7.77. The Morgan fingerprint density at radius 3 is 2.93 bits per heavy atom. The Morgan fingerprint density at radius 1 is 1.53 bits per heavy atom. The summed E-state index contributed by atoms with van der Waals surface area (Å²) >= 11 is 5.88. The molecule has 2 rings (SSSR count). The number of carbonyl (C=O) groups is 1. The largest absolute Gasteiger partial charge is 0.330 e. The van der Waals surface area contributed by atoms with Gasteiger partial charge in [-0.05, 0) is 12.1 Å². The Balaban J connectivity index is 2.46. The summed E-state index contributed by atoms with van der Waals surface area (Å²) < 4.78 is 4.73. The van der Waals surface area contributed by atoms with Crippen molar-refractivity contribution in [3.8, 4) is 11.5 Å². The molecule has 0 N–H and O–H groups in total. The van der Waals surface area contributed by atoms with Gasteiger partial charge < -0.3 is 4.52 Å². The molecule has 0 unspecified atom stereocenters. The summed E-state index contributed by atoms with van der Waals surface area (Å²) in [6.45, 7) is 1.34. The molecule has 0 aromatic carbocycles. The first-order chi connectivity index (χ1) is 7.18. The highest BCUT2D eigenvalue weighted by molar-refractivity contribution is 6.32. The minimum atomic E-state index is -0.291. The number of hydrogen-bond acceptors (Lipinski definition) is 5. The van der Waals surface area contributed by atoms with Gasteiger partial charge in [-0.2, -0.15) is 4.98 Å². The van der Waals surface area contributed by atoms with Crippen LogP contribution in [0.1, 0.15) is 17.6 Å². The maximum atomic E-state index is 10.9. The second kappa shape index (κ2) is 3.78. The molecule has 0 saturated carbocycles. The Bertz CT molecular complexity index is 510. The summed E-state index contributed by atoms with van der Waals surface area (Å²) in [7, 11) is 0. The molecule has 15 heavy (non-hydrogen) atoms. The normalized spacial score (nSPS) is 10.3. The Kier molecular flexibility index (Phi) is 2.47. The van der Waals surface area contributed by atoms with E-state index in [1.807, 2.05) is 0 Å². The molecule has 2 aromatic heterocycles. The second-order valence-electron chi connectivity index (χ2n) is 2.81. The third-order valence-electron chi connectivity index (χ3n) is 1.70. The van der Waals surface area contributed by atoms with Crippen molar-refractivity contribution in [2.45, 2.75) is 6.92 Å². The SMILES string of the molecule is CC(=O)c1nc(-c2ncccc2Cl)no1. The van der Waals surface area contributed by atoms with Crippen LogP contribution in [0.3, 0.4) is 0 Å². The van der Waals surface area contributed by atoms with E-state index >= 15 is 0 Å². The fraction of sp³-hybridized carbons (Fsp3) is 0.111. The van der Waals surface area contributed by atoms with Crippen LogP contribution in [0, 0.1) is 0 Å². The van der Waals surface area contributed by atoms with Crippen LogP contribution >= 0.6 is 11.6 Å². The second-order valence-corrected chi connectivity index (χ2v) is 3.22. The smallest absolute Gasteiger partial charge is 0.294 e. The molecule has 5 nitrogen and oxygen atoms in total. The third-order valence-corrected chi connectivity index (χ3v) is 2.00. The summed E-state index contributed by atoms with van der Waals surface area (Å²) in [5, 5.41) is 4.03. The molecule has 0 spiro atoms. The lowest BCUT2D eigenvalue weighted by Gasteiger charge is -1.94. The Labute approximate surface area is 90.1 Å². The van der Waals surface area contributed by atoms with Gasteiger partial charge >= 0.3 is 0 Å². The van der Waals surface area contributed by atoms with Gasteiger partial charge in [-0.25, -0.2) is 0 Å². The van der Waals surface area contributed by atoms with Crippen molar-refractivity contribution in [1.82, 2.24) is 15.1 Å². The molecule has 0 bridgehead atoms. The number of Topliss-reactive ketones (excluding diaryl/α,β-unsaturated/α-hetero) is 1. The monoisotopic (exact) mass is 223 g/mol. The van der Waals surface area contributed by atoms with Crippen LogP contribution in [0.4, 0.5) is 0 Å². The molecule has 0 aliphatic heterocycles. The maximum absolute atomic E-state index is 10.9. The number of ketones is 1. The van der Waals surface area contributed by atoms with Gasteiger partial charge in [-0.15, -0.1) is 0 Å². The van der Waals surface area contributed by atoms with Crippen LogP contribution in [-0.4, -0.2) is 20.9 Å². The van der Waals surface area contributed by atoms with Crippen molar-refractivity contribution < 1.29 is 9.32 Å². The number of nitrogens with zero attached hydrogens (tertiary/aromatic N) is 3. The summed E-state index contributed by atoms with van der Waals surface area (Å²) in [5.74, 6) is -0.127. The van der Waals surface area contributed by atoms with Crippen LogP contribution < -0.4 is 0 Å². The predicted octanol–water partition coefficient (Wildman–Crippen LogP) is 1.99. The average Bonchev–Trinajstić information content (AvgIpc) is 2.67. The van der Waals surface area contributed by atoms with Gasteiger partial charge in [0.2, 0.25) is 11.6 Å². The number of hydrogen-bond donors (Lipinski definition) is 0. The van der Waals surface area contributed by atoms with Gasteiger partial charge in [0.15, 0.2) is 0 Å². The summed E-state index contributed by atoms with van der Waals surface area (Å²) in [4.78, 5) is 18.8. The molecule has 2 aromatic rings. The molecule has 0 saturated heterocycles. The van der Waals surface area contributed by atoms with Gasteiger partial charge in [0, 0.05) is 13.1 Å². The zero-order valence-corrected chi connectivity index (χ0v) is 8.52. The van der Waals surface area contributed by atoms with E-state index in [1.165, 1.54) is 6.92 Å². The topological polar surface area (TPSA) is 68.9 Å². The molecule has 0 aliphatic carbocycles. The molecule has 76 valence electrons. The first-order valence-electron chi connectivity index (χ1n) is 4.14. The lowest BCUT2D eigenvalue weighted by Crippen LogP contribution is -1.92. The van der Waals surface area contributed by atoms with E-state index in [4.69, 9.17) is 16.1 Å². The van der Waals surface area contributed by atoms with E-state index in [1.54, 1.807) is 18.3 Å². The van der Waals surface area contributed by atoms with Crippen molar-refractivity contribution in [1.29, 1.82) is 0 Å². The predicted molar refractivity (Wildman–Crippen MR) is 52.5 cm³/mol. The summed E-state index contributed by atoms with van der Waals surface area (Å²) in [6.07, 6.45) is 1.56. The minimum absolute atomic E-state index is 0.0493. The molecule has 2 heterocycles. The molecular weight excluding hydrogens is 218 g/mol. The molecule has 6 heteroatoms. The van der Waals surface area contributed by atoms with E-state index in [0.29, 0.717) is 10.7 Å². The van der Waals surface area contributed by atoms with Gasteiger partial charge in [-0.1, -0.05) is 16.8 Å². The molecular formula is C9H6ClN3O2. The Hall–Kier alpha value is -1.75. The van der Waals surface area contributed by atoms with E-state index in [0.717, 1.165) is 0 Å². The van der Waals surface area contributed by atoms with Gasteiger partial charge in [-0.3, -0.25) is 9.78 Å². The summed E-state index contributed by atoms with van der Waals surface area (Å²) in [5.41, 5.74) is 0.399. The number of halogens is 1. The number of carbonyl (C=O) groups excluding carboxylic acids is 1. The third kappa shape index (κ3) is 1.87. The Morgan fingerprint density at radius 2 is 2.33 bits per heavy atom. The van der Waals surface area contributed by atoms with Crippen molar-refractivity contribution >= 4 is 17.4 Å². The van der Waals surface area contributed by atoms with Crippen LogP contribution in [-0.2, 0) is 0 Å². The van der Waals surface area contributed by atoms with E-state index < -0.39 is 0 Å². The van der Waals surface area contributed by atoms with Crippen molar-refractivity contribution in [3.05, 3.63) is 29.2 Å². The fourth-order valence-corrected chi connectivity index (χ4v) is 1.22. The molecule has 0 amide bonds. The highest BCUT2D eigenvalue weighted by atomic mass is 35.5. The van der Waals surface area contributed by atoms with Gasteiger partial charge in [0.1, 0.15) is 5.69 Å². The van der Waals surface area contributed by atoms with Gasteiger partial charge in [0.25, 0.3) is 5.89 Å². The minimum Gasteiger partial charge on any atom is -0.330 e. The molecule has 0 radical (unpaired) electrons. The lowest BCUT2D eigenvalue weighted by atomic mass is 10.3. The van der Waals surface area contributed by atoms with E-state index in [-0.39, 0.29) is 17.5 Å². The van der Waals surface area contributed by atoms with Crippen LogP contribution in [0.5, 0.6) is 0 Å². The molecule has 0 aliphatic rings. The highest BCUT2D eigenvalue weighted by Gasteiger charge is 2.14. The van der Waals surface area contributed by atoms with Crippen molar-refractivity contribution in [2.75, 3.05) is 0 Å². The first-order valence-corrected chi connectivity index (χ1v) is 4.52. The van der Waals surface area contributed by atoms with Crippen LogP contribution in [0.25, 0.3) is 11.5 Å². The molecule has 0 atom stereocenters. The quantitative estimate of drug-likeness (QED) is 0.729. The standard InChI is InChI=1S/C9H6ClN3O2/c1-5(14)9-12-8(13-15-9)7-6(10)3-2-4-11-7/h2-4H,1H3. The van der Waals surface area contributed by atoms with E-state index in [9.17, 15) is 4.79 Å². The first kappa shape index (κ1) is 9.79. The zero-order chi connectivity index (χ0) is 10.8. The van der Waals surface area contributed by atoms with Crippen molar-refractivity contribution in [3.63, 3.8) is 0 Å². The summed E-state index contributed by atoms with van der Waals surface area (Å²) in [6, 6.07) is 3.35. The molecule has 0 fully saturated rings. The number of aromatic nitrogens is 3. The maximum Gasteiger partial charge on any atom is 0.294 e.